The van der Waals surface area contributed by atoms with Gasteiger partial charge >= 0.3 is 0 Å². The van der Waals surface area contributed by atoms with Crippen LogP contribution in [-0.2, 0) is 12.1 Å². The number of hydrogen-bond acceptors (Lipinski definition) is 3. The number of nitrogens with two attached hydrogens (primary N) is 1. The van der Waals surface area contributed by atoms with E-state index in [1.54, 1.807) is 12.1 Å². The molecule has 0 bridgehead atoms. The second kappa shape index (κ2) is 5.02. The average Bonchev–Trinajstić information content (AvgIpc) is 2.72. The molecular weight excluding hydrogens is 311 g/mol. The van der Waals surface area contributed by atoms with E-state index in [0.717, 1.165) is 0 Å². The molecule has 1 aromatic carbocycles. The number of nitrogens with zero attached hydrogens (tertiary/aromatic N) is 3. The Labute approximate surface area is 120 Å². The normalized spacial score (nSPS) is 11.9. The zero-order chi connectivity index (χ0) is 14.2. The highest BCUT2D eigenvalue weighted by atomic mass is 79.9. The molecule has 0 spiro atoms. The van der Waals surface area contributed by atoms with Gasteiger partial charge < -0.3 is 10.3 Å². The Hall–Kier alpha value is -1.27. The van der Waals surface area contributed by atoms with E-state index in [-0.39, 0.29) is 17.9 Å². The highest BCUT2D eigenvalue weighted by Crippen LogP contribution is 2.33. The van der Waals surface area contributed by atoms with Gasteiger partial charge in [-0.05, 0) is 48.8 Å². The highest BCUT2D eigenvalue weighted by Gasteiger charge is 2.25. The van der Waals surface area contributed by atoms with Crippen molar-refractivity contribution in [3.63, 3.8) is 0 Å². The molecule has 4 nitrogen and oxygen atoms in total. The third kappa shape index (κ3) is 2.55. The minimum absolute atomic E-state index is 0.260. The van der Waals surface area contributed by atoms with Gasteiger partial charge in [0.2, 0.25) is 0 Å². The summed E-state index contributed by atoms with van der Waals surface area (Å²) >= 11 is 3.36. The molecule has 0 fully saturated rings. The van der Waals surface area contributed by atoms with Gasteiger partial charge in [-0.15, -0.1) is 10.2 Å². The van der Waals surface area contributed by atoms with Crippen LogP contribution in [0.2, 0.25) is 0 Å². The zero-order valence-corrected chi connectivity index (χ0v) is 12.7. The van der Waals surface area contributed by atoms with Crippen molar-refractivity contribution in [3.8, 4) is 11.4 Å². The molecule has 0 amide bonds. The van der Waals surface area contributed by atoms with E-state index in [4.69, 9.17) is 5.73 Å². The van der Waals surface area contributed by atoms with Gasteiger partial charge in [-0.1, -0.05) is 6.07 Å². The van der Waals surface area contributed by atoms with Gasteiger partial charge in [-0.2, -0.15) is 0 Å². The third-order valence-corrected chi connectivity index (χ3v) is 3.43. The molecule has 0 aliphatic rings. The summed E-state index contributed by atoms with van der Waals surface area (Å²) in [6.45, 7) is 6.28. The first-order valence-electron chi connectivity index (χ1n) is 5.95. The Balaban J connectivity index is 2.74. The van der Waals surface area contributed by atoms with Crippen molar-refractivity contribution in [2.45, 2.75) is 32.9 Å². The molecule has 2 aromatic rings. The average molecular weight is 327 g/mol. The van der Waals surface area contributed by atoms with E-state index >= 15 is 0 Å². The van der Waals surface area contributed by atoms with E-state index in [1.165, 1.54) is 6.07 Å². The maximum Gasteiger partial charge on any atom is 0.168 e. The van der Waals surface area contributed by atoms with Crippen LogP contribution in [0, 0.1) is 5.82 Å². The molecule has 2 N–H and O–H groups in total. The lowest BCUT2D eigenvalue weighted by molar-refractivity contribution is 0.386. The first kappa shape index (κ1) is 14.1. The largest absolute Gasteiger partial charge is 0.324 e. The molecule has 0 saturated heterocycles. The van der Waals surface area contributed by atoms with E-state index in [2.05, 4.69) is 26.1 Å². The summed E-state index contributed by atoms with van der Waals surface area (Å²) in [6.07, 6.45) is 0. The smallest absolute Gasteiger partial charge is 0.168 e. The summed E-state index contributed by atoms with van der Waals surface area (Å²) < 4.78 is 16.6. The van der Waals surface area contributed by atoms with Crippen LogP contribution in [-0.4, -0.2) is 14.8 Å². The van der Waals surface area contributed by atoms with Crippen LogP contribution in [0.1, 0.15) is 26.6 Å². The van der Waals surface area contributed by atoms with Gasteiger partial charge in [0.15, 0.2) is 5.82 Å². The summed E-state index contributed by atoms with van der Waals surface area (Å²) in [4.78, 5) is 0. The van der Waals surface area contributed by atoms with E-state index in [0.29, 0.717) is 21.7 Å². The van der Waals surface area contributed by atoms with Gasteiger partial charge in [0.25, 0.3) is 0 Å². The molecule has 0 radical (unpaired) electrons. The standard InChI is InChI=1S/C13H16BrFN4/c1-13(2,3)19-10(7-16)17-18-12(19)11-8(14)5-4-6-9(11)15/h4-6H,7,16H2,1-3H3. The van der Waals surface area contributed by atoms with Crippen LogP contribution in [0.4, 0.5) is 4.39 Å². The SMILES string of the molecule is CC(C)(C)n1c(CN)nnc1-c1c(F)cccc1Br. The molecule has 1 heterocycles. The summed E-state index contributed by atoms with van der Waals surface area (Å²) in [5.41, 5.74) is 5.81. The van der Waals surface area contributed by atoms with Crippen molar-refractivity contribution >= 4 is 15.9 Å². The Morgan fingerprint density at radius 2 is 2.00 bits per heavy atom. The molecule has 0 unspecified atom stereocenters. The number of halogens is 2. The highest BCUT2D eigenvalue weighted by molar-refractivity contribution is 9.10. The molecule has 2 rings (SSSR count). The van der Waals surface area contributed by atoms with Crippen LogP contribution in [0.5, 0.6) is 0 Å². The molecule has 0 saturated carbocycles. The molecule has 1 aromatic heterocycles. The Kier molecular flexibility index (Phi) is 3.73. The molecule has 19 heavy (non-hydrogen) atoms. The van der Waals surface area contributed by atoms with Gasteiger partial charge in [0, 0.05) is 10.0 Å². The first-order chi connectivity index (χ1) is 8.86. The van der Waals surface area contributed by atoms with Crippen molar-refractivity contribution in [1.82, 2.24) is 14.8 Å². The predicted molar refractivity (Wildman–Crippen MR) is 76.0 cm³/mol. The Morgan fingerprint density at radius 3 is 2.53 bits per heavy atom. The number of rotatable bonds is 2. The second-order valence-corrected chi connectivity index (χ2v) is 6.10. The minimum Gasteiger partial charge on any atom is -0.324 e. The summed E-state index contributed by atoms with van der Waals surface area (Å²) in [7, 11) is 0. The van der Waals surface area contributed by atoms with Crippen molar-refractivity contribution in [1.29, 1.82) is 0 Å². The summed E-state index contributed by atoms with van der Waals surface area (Å²) in [6, 6.07) is 4.83. The van der Waals surface area contributed by atoms with Crippen molar-refractivity contribution in [3.05, 3.63) is 34.3 Å². The van der Waals surface area contributed by atoms with Gasteiger partial charge in [-0.3, -0.25) is 0 Å². The molecule has 0 atom stereocenters. The number of aromatic nitrogens is 3. The molecule has 0 aliphatic carbocycles. The van der Waals surface area contributed by atoms with E-state index in [1.807, 2.05) is 25.3 Å². The van der Waals surface area contributed by atoms with E-state index < -0.39 is 0 Å². The van der Waals surface area contributed by atoms with Crippen molar-refractivity contribution in [2.24, 2.45) is 5.73 Å². The Bertz CT molecular complexity index is 581. The summed E-state index contributed by atoms with van der Waals surface area (Å²) in [5, 5.41) is 8.17. The quantitative estimate of drug-likeness (QED) is 0.922. The van der Waals surface area contributed by atoms with Crippen LogP contribution >= 0.6 is 15.9 Å². The number of hydrogen-bond donors (Lipinski definition) is 1. The lowest BCUT2D eigenvalue weighted by Crippen LogP contribution is -2.26. The fourth-order valence-corrected chi connectivity index (χ4v) is 2.55. The van der Waals surface area contributed by atoms with Crippen LogP contribution in [0.3, 0.4) is 0 Å². The third-order valence-electron chi connectivity index (χ3n) is 2.77. The fraction of sp³-hybridized carbons (Fsp3) is 0.385. The van der Waals surface area contributed by atoms with Crippen LogP contribution in [0.25, 0.3) is 11.4 Å². The molecule has 102 valence electrons. The van der Waals surface area contributed by atoms with Crippen LogP contribution < -0.4 is 5.73 Å². The molecular formula is C13H16BrFN4. The van der Waals surface area contributed by atoms with Gasteiger partial charge in [0.05, 0.1) is 12.1 Å². The van der Waals surface area contributed by atoms with Crippen LogP contribution in [0.15, 0.2) is 22.7 Å². The van der Waals surface area contributed by atoms with Gasteiger partial charge in [0.1, 0.15) is 11.6 Å². The second-order valence-electron chi connectivity index (χ2n) is 5.25. The number of benzene rings is 1. The van der Waals surface area contributed by atoms with Crippen molar-refractivity contribution < 1.29 is 4.39 Å². The minimum atomic E-state index is -0.337. The maximum absolute atomic E-state index is 14.1. The predicted octanol–water partition coefficient (Wildman–Crippen LogP) is 3.06. The lowest BCUT2D eigenvalue weighted by Gasteiger charge is -2.25. The van der Waals surface area contributed by atoms with Crippen molar-refractivity contribution in [2.75, 3.05) is 0 Å². The lowest BCUT2D eigenvalue weighted by atomic mass is 10.1. The molecule has 0 aliphatic heterocycles. The monoisotopic (exact) mass is 326 g/mol. The fourth-order valence-electron chi connectivity index (χ4n) is 2.03. The maximum atomic E-state index is 14.1. The molecule has 6 heteroatoms. The first-order valence-corrected chi connectivity index (χ1v) is 6.74. The van der Waals surface area contributed by atoms with Gasteiger partial charge in [-0.25, -0.2) is 4.39 Å². The van der Waals surface area contributed by atoms with E-state index in [9.17, 15) is 4.39 Å². The topological polar surface area (TPSA) is 56.7 Å². The zero-order valence-electron chi connectivity index (χ0n) is 11.1. The summed E-state index contributed by atoms with van der Waals surface area (Å²) in [5.74, 6) is 0.784. The Morgan fingerprint density at radius 1 is 1.32 bits per heavy atom.